The van der Waals surface area contributed by atoms with E-state index in [1.807, 2.05) is 42.5 Å². The number of carbonyl (C=O) groups excluding carboxylic acids is 2. The fourth-order valence-electron chi connectivity index (χ4n) is 3.86. The molecular weight excluding hydrogens is 414 g/mol. The molecule has 160 valence electrons. The topological polar surface area (TPSA) is 74.4 Å². The van der Waals surface area contributed by atoms with E-state index in [0.717, 1.165) is 39.9 Å². The molecule has 1 aliphatic rings. The van der Waals surface area contributed by atoms with Gasteiger partial charge in [-0.05, 0) is 48.9 Å². The highest BCUT2D eigenvalue weighted by Crippen LogP contribution is 2.30. The number of nitrogens with one attached hydrogen (secondary N) is 2. The second-order valence-electron chi connectivity index (χ2n) is 7.62. The van der Waals surface area contributed by atoms with Crippen molar-refractivity contribution in [3.05, 3.63) is 70.4 Å². The van der Waals surface area contributed by atoms with Crippen molar-refractivity contribution >= 4 is 40.4 Å². The van der Waals surface area contributed by atoms with Crippen molar-refractivity contribution in [2.24, 2.45) is 0 Å². The fraction of sp³-hybridized carbons (Fsp3) is 0.250. The average molecular weight is 438 g/mol. The van der Waals surface area contributed by atoms with Gasteiger partial charge in [-0.15, -0.1) is 0 Å². The first-order valence-corrected chi connectivity index (χ1v) is 10.5. The minimum atomic E-state index is -0.622. The third kappa shape index (κ3) is 4.59. The van der Waals surface area contributed by atoms with Crippen LogP contribution in [-0.2, 0) is 22.6 Å². The van der Waals surface area contributed by atoms with Crippen molar-refractivity contribution in [3.63, 3.8) is 0 Å². The molecule has 2 N–H and O–H groups in total. The van der Waals surface area contributed by atoms with Gasteiger partial charge in [0.15, 0.2) is 0 Å². The number of nitrogens with zero attached hydrogens (tertiary/aromatic N) is 1. The third-order valence-electron chi connectivity index (χ3n) is 5.52. The molecule has 1 atom stereocenters. The minimum absolute atomic E-state index is 0.103. The molecule has 0 saturated heterocycles. The maximum atomic E-state index is 12.9. The predicted molar refractivity (Wildman–Crippen MR) is 122 cm³/mol. The summed E-state index contributed by atoms with van der Waals surface area (Å²) in [5, 5.41) is 4.47. The molecule has 1 unspecified atom stereocenters. The molecule has 0 spiro atoms. The Morgan fingerprint density at radius 2 is 2.00 bits per heavy atom. The second kappa shape index (κ2) is 8.86. The van der Waals surface area contributed by atoms with E-state index >= 15 is 0 Å². The molecule has 2 aromatic carbocycles. The maximum Gasteiger partial charge on any atom is 0.245 e. The van der Waals surface area contributed by atoms with Crippen LogP contribution in [0.2, 0.25) is 5.02 Å². The molecule has 0 saturated carbocycles. The second-order valence-corrected chi connectivity index (χ2v) is 8.06. The van der Waals surface area contributed by atoms with Crippen LogP contribution >= 0.6 is 11.6 Å². The maximum absolute atomic E-state index is 12.9. The van der Waals surface area contributed by atoms with Crippen LogP contribution in [0.3, 0.4) is 0 Å². The van der Waals surface area contributed by atoms with Gasteiger partial charge in [-0.2, -0.15) is 0 Å². The molecule has 31 heavy (non-hydrogen) atoms. The van der Waals surface area contributed by atoms with Gasteiger partial charge in [-0.1, -0.05) is 23.7 Å². The van der Waals surface area contributed by atoms with E-state index in [0.29, 0.717) is 18.1 Å². The molecule has 0 fully saturated rings. The number of methoxy groups -OCH3 is 1. The zero-order chi connectivity index (χ0) is 22.0. The molecule has 3 aromatic rings. The molecule has 2 amide bonds. The highest BCUT2D eigenvalue weighted by molar-refractivity contribution is 6.31. The Balaban J connectivity index is 1.39. The van der Waals surface area contributed by atoms with Crippen LogP contribution in [0.1, 0.15) is 23.7 Å². The van der Waals surface area contributed by atoms with Gasteiger partial charge in [0.05, 0.1) is 7.11 Å². The lowest BCUT2D eigenvalue weighted by molar-refractivity contribution is -0.135. The van der Waals surface area contributed by atoms with Crippen LogP contribution in [-0.4, -0.2) is 41.4 Å². The molecule has 1 aliphatic heterocycles. The Kier molecular flexibility index (Phi) is 6.00. The highest BCUT2D eigenvalue weighted by Gasteiger charge is 2.27. The first-order valence-electron chi connectivity index (χ1n) is 10.1. The number of rotatable bonds is 5. The summed E-state index contributed by atoms with van der Waals surface area (Å²) in [6.07, 6.45) is 3.88. The first kappa shape index (κ1) is 21.0. The van der Waals surface area contributed by atoms with E-state index < -0.39 is 6.04 Å². The van der Waals surface area contributed by atoms with Crippen molar-refractivity contribution in [2.75, 3.05) is 13.7 Å². The number of ether oxygens (including phenoxy) is 1. The number of H-pyrrole nitrogens is 1. The number of benzene rings is 2. The van der Waals surface area contributed by atoms with E-state index in [4.69, 9.17) is 16.3 Å². The van der Waals surface area contributed by atoms with Crippen LogP contribution in [0.5, 0.6) is 5.75 Å². The van der Waals surface area contributed by atoms with E-state index in [1.54, 1.807) is 25.0 Å². The summed E-state index contributed by atoms with van der Waals surface area (Å²) >= 11 is 6.16. The van der Waals surface area contributed by atoms with Crippen molar-refractivity contribution < 1.29 is 14.3 Å². The first-order chi connectivity index (χ1) is 14.9. The Bertz CT molecular complexity index is 1150. The van der Waals surface area contributed by atoms with Gasteiger partial charge in [0, 0.05) is 52.8 Å². The quantitative estimate of drug-likeness (QED) is 0.594. The van der Waals surface area contributed by atoms with E-state index in [-0.39, 0.29) is 11.8 Å². The number of amides is 2. The SMILES string of the molecule is COc1ccc(/C=C/C(=O)NC(C)C(=O)N2CCc3[nH]c4ccc(Cl)cc4c3C2)cc1. The summed E-state index contributed by atoms with van der Waals surface area (Å²) in [4.78, 5) is 30.5. The summed E-state index contributed by atoms with van der Waals surface area (Å²) < 4.78 is 5.12. The Morgan fingerprint density at radius 1 is 1.23 bits per heavy atom. The summed E-state index contributed by atoms with van der Waals surface area (Å²) in [6.45, 7) is 2.81. The molecule has 4 rings (SSSR count). The lowest BCUT2D eigenvalue weighted by Gasteiger charge is -2.29. The van der Waals surface area contributed by atoms with E-state index in [2.05, 4.69) is 10.3 Å². The van der Waals surface area contributed by atoms with Crippen molar-refractivity contribution in [3.8, 4) is 5.75 Å². The zero-order valence-electron chi connectivity index (χ0n) is 17.4. The third-order valence-corrected chi connectivity index (χ3v) is 5.76. The Hall–Kier alpha value is -3.25. The van der Waals surface area contributed by atoms with Crippen molar-refractivity contribution in [1.82, 2.24) is 15.2 Å². The van der Waals surface area contributed by atoms with Crippen LogP contribution < -0.4 is 10.1 Å². The lowest BCUT2D eigenvalue weighted by atomic mass is 10.0. The number of aromatic amines is 1. The van der Waals surface area contributed by atoms with Crippen LogP contribution in [0.15, 0.2) is 48.5 Å². The van der Waals surface area contributed by atoms with E-state index in [9.17, 15) is 9.59 Å². The average Bonchev–Trinajstić information content (AvgIpc) is 3.14. The molecule has 2 heterocycles. The lowest BCUT2D eigenvalue weighted by Crippen LogP contribution is -2.48. The number of halogens is 1. The monoisotopic (exact) mass is 437 g/mol. The normalized spacial score (nSPS) is 14.5. The minimum Gasteiger partial charge on any atom is -0.497 e. The summed E-state index contributed by atoms with van der Waals surface area (Å²) in [5.74, 6) is 0.337. The van der Waals surface area contributed by atoms with Gasteiger partial charge in [0.1, 0.15) is 11.8 Å². The molecule has 0 radical (unpaired) electrons. The Morgan fingerprint density at radius 3 is 2.74 bits per heavy atom. The highest BCUT2D eigenvalue weighted by atomic mass is 35.5. The van der Waals surface area contributed by atoms with Crippen molar-refractivity contribution in [2.45, 2.75) is 25.9 Å². The largest absolute Gasteiger partial charge is 0.497 e. The Labute approximate surface area is 185 Å². The molecule has 0 aliphatic carbocycles. The number of carbonyl (C=O) groups is 2. The van der Waals surface area contributed by atoms with Crippen LogP contribution in [0.25, 0.3) is 17.0 Å². The van der Waals surface area contributed by atoms with Gasteiger partial charge >= 0.3 is 0 Å². The molecule has 0 bridgehead atoms. The summed E-state index contributed by atoms with van der Waals surface area (Å²) in [6, 6.07) is 12.5. The van der Waals surface area contributed by atoms with Gasteiger partial charge in [0.2, 0.25) is 11.8 Å². The van der Waals surface area contributed by atoms with Crippen LogP contribution in [0, 0.1) is 0 Å². The molecule has 1 aromatic heterocycles. The standard InChI is InChI=1S/C24H24ClN3O3/c1-15(26-23(29)10-5-16-3-7-18(31-2)8-4-16)24(30)28-12-11-22-20(14-28)19-13-17(25)6-9-21(19)27-22/h3-10,13,15,27H,11-12,14H2,1-2H3,(H,26,29)/b10-5+. The van der Waals surface area contributed by atoms with Crippen LogP contribution in [0.4, 0.5) is 0 Å². The molecule has 6 nitrogen and oxygen atoms in total. The van der Waals surface area contributed by atoms with Gasteiger partial charge < -0.3 is 19.9 Å². The number of aromatic nitrogens is 1. The van der Waals surface area contributed by atoms with Gasteiger partial charge in [0.25, 0.3) is 0 Å². The number of fused-ring (bicyclic) bond motifs is 3. The summed E-state index contributed by atoms with van der Waals surface area (Å²) in [7, 11) is 1.60. The number of hydrogen-bond donors (Lipinski definition) is 2. The predicted octanol–water partition coefficient (Wildman–Crippen LogP) is 3.93. The fourth-order valence-corrected chi connectivity index (χ4v) is 4.03. The molecular formula is C24H24ClN3O3. The van der Waals surface area contributed by atoms with Gasteiger partial charge in [-0.25, -0.2) is 0 Å². The molecule has 7 heteroatoms. The summed E-state index contributed by atoms with van der Waals surface area (Å²) in [5.41, 5.74) is 4.13. The van der Waals surface area contributed by atoms with Gasteiger partial charge in [-0.3, -0.25) is 9.59 Å². The van der Waals surface area contributed by atoms with Crippen molar-refractivity contribution in [1.29, 1.82) is 0 Å². The smallest absolute Gasteiger partial charge is 0.245 e. The zero-order valence-corrected chi connectivity index (χ0v) is 18.2. The number of hydrogen-bond acceptors (Lipinski definition) is 3. The van der Waals surface area contributed by atoms with E-state index in [1.165, 1.54) is 6.08 Å².